The highest BCUT2D eigenvalue weighted by Crippen LogP contribution is 2.13. The maximum Gasteiger partial charge on any atom is 0.270 e. The number of aromatic amines is 2. The summed E-state index contributed by atoms with van der Waals surface area (Å²) in [5.41, 5.74) is 0.344. The van der Waals surface area contributed by atoms with Crippen LogP contribution in [0, 0.1) is 0 Å². The van der Waals surface area contributed by atoms with Crippen LogP contribution in [0.25, 0.3) is 10.8 Å². The molecule has 0 atom stereocenters. The highest BCUT2D eigenvalue weighted by atomic mass is 16.1. The van der Waals surface area contributed by atoms with Gasteiger partial charge in [0.15, 0.2) is 0 Å². The smallest absolute Gasteiger partial charge is 0.270 e. The van der Waals surface area contributed by atoms with Gasteiger partial charge < -0.3 is 5.32 Å². The first-order valence-electron chi connectivity index (χ1n) is 8.21. The first-order valence-corrected chi connectivity index (χ1v) is 8.21. The summed E-state index contributed by atoms with van der Waals surface area (Å²) >= 11 is 0. The van der Waals surface area contributed by atoms with Crippen LogP contribution in [0.4, 0.5) is 5.69 Å². The molecule has 0 amide bonds. The lowest BCUT2D eigenvalue weighted by atomic mass is 10.1. The third-order valence-electron chi connectivity index (χ3n) is 3.91. The molecule has 1 heterocycles. The minimum atomic E-state index is -0.270. The minimum absolute atomic E-state index is 0.269. The standard InChI is InChI=1S/C17H25N3O2/c1-2-3-4-5-6-7-8-11-18-13-9-10-14-15(12-13)17(22)20-19-16(14)21/h9-10,12,18H,2-8,11H2,1H3,(H,19,21)(H,20,22). The normalized spacial score (nSPS) is 11.0. The molecule has 0 fully saturated rings. The molecule has 0 bridgehead atoms. The molecule has 1 aromatic heterocycles. The lowest BCUT2D eigenvalue weighted by Gasteiger charge is -2.07. The largest absolute Gasteiger partial charge is 0.385 e. The van der Waals surface area contributed by atoms with Crippen molar-refractivity contribution in [2.75, 3.05) is 11.9 Å². The van der Waals surface area contributed by atoms with Gasteiger partial charge in [-0.2, -0.15) is 0 Å². The zero-order valence-corrected chi connectivity index (χ0v) is 13.2. The quantitative estimate of drug-likeness (QED) is 0.621. The Kier molecular flexibility index (Phi) is 6.25. The Labute approximate surface area is 130 Å². The van der Waals surface area contributed by atoms with E-state index in [1.165, 1.54) is 38.5 Å². The van der Waals surface area contributed by atoms with Crippen molar-refractivity contribution in [3.63, 3.8) is 0 Å². The van der Waals surface area contributed by atoms with E-state index in [0.717, 1.165) is 18.7 Å². The molecule has 120 valence electrons. The number of anilines is 1. The van der Waals surface area contributed by atoms with E-state index >= 15 is 0 Å². The summed E-state index contributed by atoms with van der Waals surface area (Å²) in [6.45, 7) is 3.12. The molecular formula is C17H25N3O2. The number of hydrogen-bond acceptors (Lipinski definition) is 3. The van der Waals surface area contributed by atoms with Crippen LogP contribution >= 0.6 is 0 Å². The van der Waals surface area contributed by atoms with Gasteiger partial charge in [-0.1, -0.05) is 45.4 Å². The summed E-state index contributed by atoms with van der Waals surface area (Å²) in [6.07, 6.45) is 8.91. The number of hydrogen-bond donors (Lipinski definition) is 3. The third kappa shape index (κ3) is 4.48. The molecule has 5 nitrogen and oxygen atoms in total. The summed E-state index contributed by atoms with van der Waals surface area (Å²) in [5.74, 6) is 0. The lowest BCUT2D eigenvalue weighted by Crippen LogP contribution is -2.19. The first-order chi connectivity index (χ1) is 10.7. The second-order valence-corrected chi connectivity index (χ2v) is 5.72. The molecule has 0 saturated heterocycles. The fraction of sp³-hybridized carbons (Fsp3) is 0.529. The summed E-state index contributed by atoms with van der Waals surface area (Å²) in [7, 11) is 0. The van der Waals surface area contributed by atoms with Gasteiger partial charge in [0.25, 0.3) is 11.1 Å². The number of fused-ring (bicyclic) bond motifs is 1. The Hall–Kier alpha value is -2.04. The molecule has 0 aliphatic rings. The van der Waals surface area contributed by atoms with E-state index in [4.69, 9.17) is 0 Å². The van der Waals surface area contributed by atoms with Crippen molar-refractivity contribution in [3.05, 3.63) is 38.9 Å². The van der Waals surface area contributed by atoms with Gasteiger partial charge in [0.1, 0.15) is 0 Å². The average molecular weight is 303 g/mol. The van der Waals surface area contributed by atoms with Crippen LogP contribution in [0.15, 0.2) is 27.8 Å². The van der Waals surface area contributed by atoms with E-state index in [2.05, 4.69) is 22.4 Å². The monoisotopic (exact) mass is 303 g/mol. The highest BCUT2D eigenvalue weighted by Gasteiger charge is 2.03. The first kappa shape index (κ1) is 16.3. The summed E-state index contributed by atoms with van der Waals surface area (Å²) in [4.78, 5) is 23.3. The molecule has 5 heteroatoms. The summed E-state index contributed by atoms with van der Waals surface area (Å²) < 4.78 is 0. The Bertz CT molecular complexity index is 703. The summed E-state index contributed by atoms with van der Waals surface area (Å²) in [5, 5.41) is 8.85. The Morgan fingerprint density at radius 1 is 0.864 bits per heavy atom. The molecule has 3 N–H and O–H groups in total. The number of unbranched alkanes of at least 4 members (excludes halogenated alkanes) is 6. The molecule has 2 aromatic rings. The average Bonchev–Trinajstić information content (AvgIpc) is 2.53. The van der Waals surface area contributed by atoms with Gasteiger partial charge in [0, 0.05) is 12.2 Å². The number of nitrogens with one attached hydrogen (secondary N) is 3. The van der Waals surface area contributed by atoms with Gasteiger partial charge in [-0.25, -0.2) is 0 Å². The zero-order valence-electron chi connectivity index (χ0n) is 13.2. The van der Waals surface area contributed by atoms with Gasteiger partial charge in [0.05, 0.1) is 10.8 Å². The number of aromatic nitrogens is 2. The number of rotatable bonds is 9. The SMILES string of the molecule is CCCCCCCCCNc1ccc2c(=O)[nH][nH]c(=O)c2c1. The fourth-order valence-corrected chi connectivity index (χ4v) is 2.60. The lowest BCUT2D eigenvalue weighted by molar-refractivity contribution is 0.596. The second-order valence-electron chi connectivity index (χ2n) is 5.72. The van der Waals surface area contributed by atoms with E-state index in [1.807, 2.05) is 6.07 Å². The highest BCUT2D eigenvalue weighted by molar-refractivity contribution is 5.83. The van der Waals surface area contributed by atoms with Crippen molar-refractivity contribution in [1.29, 1.82) is 0 Å². The Balaban J connectivity index is 1.82. The van der Waals surface area contributed by atoms with Gasteiger partial charge in [-0.3, -0.25) is 19.8 Å². The fourth-order valence-electron chi connectivity index (χ4n) is 2.60. The van der Waals surface area contributed by atoms with E-state index in [-0.39, 0.29) is 11.1 Å². The van der Waals surface area contributed by atoms with Crippen LogP contribution in [0.5, 0.6) is 0 Å². The van der Waals surface area contributed by atoms with Crippen LogP contribution < -0.4 is 16.4 Å². The number of benzene rings is 1. The molecule has 0 unspecified atom stereocenters. The maximum atomic E-state index is 11.7. The molecule has 0 radical (unpaired) electrons. The van der Waals surface area contributed by atoms with Gasteiger partial charge >= 0.3 is 0 Å². The predicted octanol–water partition coefficient (Wildman–Crippen LogP) is 3.38. The number of H-pyrrole nitrogens is 2. The van der Waals surface area contributed by atoms with Crippen molar-refractivity contribution in [2.24, 2.45) is 0 Å². The molecule has 2 rings (SSSR count). The topological polar surface area (TPSA) is 77.8 Å². The minimum Gasteiger partial charge on any atom is -0.385 e. The van der Waals surface area contributed by atoms with Crippen molar-refractivity contribution in [3.8, 4) is 0 Å². The van der Waals surface area contributed by atoms with Crippen molar-refractivity contribution < 1.29 is 0 Å². The molecule has 0 saturated carbocycles. The van der Waals surface area contributed by atoms with Crippen LogP contribution in [0.2, 0.25) is 0 Å². The van der Waals surface area contributed by atoms with Crippen molar-refractivity contribution in [2.45, 2.75) is 51.9 Å². The van der Waals surface area contributed by atoms with Gasteiger partial charge in [-0.15, -0.1) is 0 Å². The van der Waals surface area contributed by atoms with Crippen LogP contribution in [0.1, 0.15) is 51.9 Å². The van der Waals surface area contributed by atoms with Gasteiger partial charge in [-0.05, 0) is 24.6 Å². The molecule has 0 aliphatic carbocycles. The predicted molar refractivity (Wildman–Crippen MR) is 91.7 cm³/mol. The van der Waals surface area contributed by atoms with Gasteiger partial charge in [0.2, 0.25) is 0 Å². The molecule has 0 spiro atoms. The molecular weight excluding hydrogens is 278 g/mol. The van der Waals surface area contributed by atoms with E-state index in [0.29, 0.717) is 10.8 Å². The van der Waals surface area contributed by atoms with E-state index in [1.54, 1.807) is 12.1 Å². The molecule has 1 aromatic carbocycles. The zero-order chi connectivity index (χ0) is 15.8. The van der Waals surface area contributed by atoms with Crippen LogP contribution in [-0.4, -0.2) is 16.7 Å². The molecule has 0 aliphatic heterocycles. The van der Waals surface area contributed by atoms with E-state index < -0.39 is 0 Å². The maximum absolute atomic E-state index is 11.7. The van der Waals surface area contributed by atoms with E-state index in [9.17, 15) is 9.59 Å². The van der Waals surface area contributed by atoms with Crippen LogP contribution in [0.3, 0.4) is 0 Å². The van der Waals surface area contributed by atoms with Crippen molar-refractivity contribution in [1.82, 2.24) is 10.2 Å². The Morgan fingerprint density at radius 3 is 2.23 bits per heavy atom. The Morgan fingerprint density at radius 2 is 1.50 bits per heavy atom. The molecule has 22 heavy (non-hydrogen) atoms. The summed E-state index contributed by atoms with van der Waals surface area (Å²) in [6, 6.07) is 5.28. The van der Waals surface area contributed by atoms with Crippen LogP contribution in [-0.2, 0) is 0 Å². The third-order valence-corrected chi connectivity index (χ3v) is 3.91. The van der Waals surface area contributed by atoms with Crippen molar-refractivity contribution >= 4 is 16.5 Å². The second kappa shape index (κ2) is 8.41.